The molecule has 1 saturated heterocycles. The van der Waals surface area contributed by atoms with Crippen molar-refractivity contribution in [2.45, 2.75) is 6.04 Å². The van der Waals surface area contributed by atoms with Gasteiger partial charge in [-0.1, -0.05) is 0 Å². The molecule has 2 heterocycles. The van der Waals surface area contributed by atoms with E-state index in [2.05, 4.69) is 19.4 Å². The zero-order valence-corrected chi connectivity index (χ0v) is 8.92. The SMILES string of the molecule is O=C(NCC1COCCN1)c1cnsn1. The minimum absolute atomic E-state index is 0.184. The summed E-state index contributed by atoms with van der Waals surface area (Å²) in [6, 6.07) is 0.189. The van der Waals surface area contributed by atoms with E-state index in [4.69, 9.17) is 4.74 Å². The number of carbonyl (C=O) groups is 1. The molecule has 1 amide bonds. The fraction of sp³-hybridized carbons (Fsp3) is 0.625. The van der Waals surface area contributed by atoms with Crippen molar-refractivity contribution in [2.75, 3.05) is 26.3 Å². The summed E-state index contributed by atoms with van der Waals surface area (Å²) < 4.78 is 12.9. The first-order valence-electron chi connectivity index (χ1n) is 4.73. The van der Waals surface area contributed by atoms with E-state index in [-0.39, 0.29) is 11.9 Å². The van der Waals surface area contributed by atoms with E-state index in [1.54, 1.807) is 0 Å². The zero-order valence-electron chi connectivity index (χ0n) is 8.10. The van der Waals surface area contributed by atoms with Gasteiger partial charge in [-0.15, -0.1) is 0 Å². The highest BCUT2D eigenvalue weighted by atomic mass is 32.1. The molecule has 0 radical (unpaired) electrons. The Morgan fingerprint density at radius 3 is 3.40 bits per heavy atom. The highest BCUT2D eigenvalue weighted by Crippen LogP contribution is 1.96. The number of hydrogen-bond donors (Lipinski definition) is 2. The summed E-state index contributed by atoms with van der Waals surface area (Å²) in [5, 5.41) is 6.02. The molecule has 0 spiro atoms. The molecule has 7 heteroatoms. The van der Waals surface area contributed by atoms with Crippen LogP contribution in [-0.4, -0.2) is 47.0 Å². The number of ether oxygens (including phenoxy) is 1. The molecule has 2 rings (SSSR count). The lowest BCUT2D eigenvalue weighted by atomic mass is 10.2. The Kier molecular flexibility index (Phi) is 3.59. The fourth-order valence-corrected chi connectivity index (χ4v) is 1.73. The Hall–Kier alpha value is -1.05. The Labute approximate surface area is 91.4 Å². The van der Waals surface area contributed by atoms with Crippen molar-refractivity contribution in [3.8, 4) is 0 Å². The predicted octanol–water partition coefficient (Wildman–Crippen LogP) is -0.744. The summed E-state index contributed by atoms with van der Waals surface area (Å²) in [5.41, 5.74) is 0.372. The van der Waals surface area contributed by atoms with E-state index in [1.807, 2.05) is 0 Å². The number of carbonyl (C=O) groups excluding carboxylic acids is 1. The summed E-state index contributed by atoms with van der Waals surface area (Å²) in [6.07, 6.45) is 1.46. The van der Waals surface area contributed by atoms with Crippen molar-refractivity contribution in [1.29, 1.82) is 0 Å². The first-order chi connectivity index (χ1) is 7.36. The molecular formula is C8H12N4O2S. The Morgan fingerprint density at radius 1 is 1.80 bits per heavy atom. The molecular weight excluding hydrogens is 216 g/mol. The van der Waals surface area contributed by atoms with E-state index in [0.29, 0.717) is 18.8 Å². The quantitative estimate of drug-likeness (QED) is 0.712. The molecule has 0 saturated carbocycles. The summed E-state index contributed by atoms with van der Waals surface area (Å²) in [7, 11) is 0. The van der Waals surface area contributed by atoms with Gasteiger partial charge in [-0.05, 0) is 0 Å². The van der Waals surface area contributed by atoms with Crippen molar-refractivity contribution < 1.29 is 9.53 Å². The maximum atomic E-state index is 11.5. The monoisotopic (exact) mass is 228 g/mol. The van der Waals surface area contributed by atoms with Crippen molar-refractivity contribution in [3.05, 3.63) is 11.9 Å². The molecule has 1 fully saturated rings. The molecule has 0 bridgehead atoms. The number of nitrogens with zero attached hydrogens (tertiary/aromatic N) is 2. The van der Waals surface area contributed by atoms with Gasteiger partial charge in [-0.25, -0.2) is 0 Å². The standard InChI is InChI=1S/C8H12N4O2S/c13-8(7-4-11-15-12-7)10-3-6-5-14-2-1-9-6/h4,6,9H,1-3,5H2,(H,10,13). The second kappa shape index (κ2) is 5.15. The average Bonchev–Trinajstić information content (AvgIpc) is 2.81. The van der Waals surface area contributed by atoms with Gasteiger partial charge < -0.3 is 15.4 Å². The maximum Gasteiger partial charge on any atom is 0.272 e. The third-order valence-corrected chi connectivity index (χ3v) is 2.58. The van der Waals surface area contributed by atoms with E-state index in [9.17, 15) is 4.79 Å². The summed E-state index contributed by atoms with van der Waals surface area (Å²) in [4.78, 5) is 11.5. The molecule has 1 aliphatic rings. The van der Waals surface area contributed by atoms with Gasteiger partial charge in [-0.2, -0.15) is 8.75 Å². The predicted molar refractivity (Wildman–Crippen MR) is 54.9 cm³/mol. The normalized spacial score (nSPS) is 21.2. The van der Waals surface area contributed by atoms with Gasteiger partial charge in [0.05, 0.1) is 31.1 Å². The third-order valence-electron chi connectivity index (χ3n) is 2.10. The number of aromatic nitrogens is 2. The molecule has 1 aromatic heterocycles. The second-order valence-electron chi connectivity index (χ2n) is 3.23. The minimum Gasteiger partial charge on any atom is -0.378 e. The molecule has 2 N–H and O–H groups in total. The summed E-state index contributed by atoms with van der Waals surface area (Å²) >= 11 is 1.03. The number of rotatable bonds is 3. The minimum atomic E-state index is -0.184. The van der Waals surface area contributed by atoms with Crippen LogP contribution in [0.3, 0.4) is 0 Å². The van der Waals surface area contributed by atoms with Crippen LogP contribution >= 0.6 is 11.7 Å². The van der Waals surface area contributed by atoms with E-state index >= 15 is 0 Å². The lowest BCUT2D eigenvalue weighted by molar-refractivity contribution is 0.0734. The first kappa shape index (κ1) is 10.5. The first-order valence-corrected chi connectivity index (χ1v) is 5.46. The fourth-order valence-electron chi connectivity index (χ4n) is 1.32. The topological polar surface area (TPSA) is 76.1 Å². The van der Waals surface area contributed by atoms with Crippen LogP contribution in [0.1, 0.15) is 10.5 Å². The molecule has 15 heavy (non-hydrogen) atoms. The van der Waals surface area contributed by atoms with Crippen LogP contribution < -0.4 is 10.6 Å². The van der Waals surface area contributed by atoms with Gasteiger partial charge in [-0.3, -0.25) is 4.79 Å². The number of nitrogens with one attached hydrogen (secondary N) is 2. The van der Waals surface area contributed by atoms with Crippen LogP contribution in [0.25, 0.3) is 0 Å². The zero-order chi connectivity index (χ0) is 10.5. The lowest BCUT2D eigenvalue weighted by Crippen LogP contribution is -2.48. The highest BCUT2D eigenvalue weighted by Gasteiger charge is 2.15. The average molecular weight is 228 g/mol. The number of morpholine rings is 1. The van der Waals surface area contributed by atoms with Gasteiger partial charge in [0.15, 0.2) is 5.69 Å². The molecule has 0 aliphatic carbocycles. The molecule has 6 nitrogen and oxygen atoms in total. The van der Waals surface area contributed by atoms with E-state index in [1.165, 1.54) is 6.20 Å². The van der Waals surface area contributed by atoms with Gasteiger partial charge in [0.25, 0.3) is 5.91 Å². The third kappa shape index (κ3) is 2.95. The smallest absolute Gasteiger partial charge is 0.272 e. The van der Waals surface area contributed by atoms with E-state index < -0.39 is 0 Å². The van der Waals surface area contributed by atoms with Crippen LogP contribution in [0.15, 0.2) is 6.20 Å². The second-order valence-corrected chi connectivity index (χ2v) is 3.79. The molecule has 1 unspecified atom stereocenters. The largest absolute Gasteiger partial charge is 0.378 e. The summed E-state index contributed by atoms with van der Waals surface area (Å²) in [5.74, 6) is -0.184. The Bertz CT molecular complexity index is 310. The van der Waals surface area contributed by atoms with Crippen LogP contribution in [0.4, 0.5) is 0 Å². The van der Waals surface area contributed by atoms with Crippen LogP contribution in [0, 0.1) is 0 Å². The Morgan fingerprint density at radius 2 is 2.73 bits per heavy atom. The van der Waals surface area contributed by atoms with Crippen LogP contribution in [0.5, 0.6) is 0 Å². The molecule has 1 aliphatic heterocycles. The molecule has 1 aromatic rings. The Balaban J connectivity index is 1.75. The maximum absolute atomic E-state index is 11.5. The number of amides is 1. The van der Waals surface area contributed by atoms with Crippen molar-refractivity contribution in [3.63, 3.8) is 0 Å². The number of hydrogen-bond acceptors (Lipinski definition) is 6. The van der Waals surface area contributed by atoms with Gasteiger partial charge >= 0.3 is 0 Å². The molecule has 0 aromatic carbocycles. The van der Waals surface area contributed by atoms with Crippen LogP contribution in [-0.2, 0) is 4.74 Å². The summed E-state index contributed by atoms with van der Waals surface area (Å²) in [6.45, 7) is 2.76. The van der Waals surface area contributed by atoms with Crippen LogP contribution in [0.2, 0.25) is 0 Å². The highest BCUT2D eigenvalue weighted by molar-refractivity contribution is 6.99. The molecule has 1 atom stereocenters. The lowest BCUT2D eigenvalue weighted by Gasteiger charge is -2.23. The van der Waals surface area contributed by atoms with Gasteiger partial charge in [0.1, 0.15) is 0 Å². The van der Waals surface area contributed by atoms with Crippen molar-refractivity contribution in [2.24, 2.45) is 0 Å². The van der Waals surface area contributed by atoms with Gasteiger partial charge in [0, 0.05) is 19.1 Å². The van der Waals surface area contributed by atoms with Crippen molar-refractivity contribution in [1.82, 2.24) is 19.4 Å². The van der Waals surface area contributed by atoms with Crippen molar-refractivity contribution >= 4 is 17.6 Å². The van der Waals surface area contributed by atoms with Gasteiger partial charge in [0.2, 0.25) is 0 Å². The molecule has 82 valence electrons. The van der Waals surface area contributed by atoms with E-state index in [0.717, 1.165) is 24.9 Å².